The number of hydrogen-bond donors (Lipinski definition) is 1. The van der Waals surface area contributed by atoms with Crippen LogP contribution in [-0.2, 0) is 0 Å². The van der Waals surface area contributed by atoms with Crippen LogP contribution in [0.4, 0.5) is 5.13 Å². The van der Waals surface area contributed by atoms with Crippen molar-refractivity contribution in [2.75, 3.05) is 5.43 Å². The number of nitrogens with zero attached hydrogens (tertiary/aromatic N) is 2. The maximum atomic E-state index is 5.88. The lowest BCUT2D eigenvalue weighted by Crippen LogP contribution is -2.07. The molecule has 0 amide bonds. The summed E-state index contributed by atoms with van der Waals surface area (Å²) in [7, 11) is 0. The van der Waals surface area contributed by atoms with Crippen LogP contribution >= 0.6 is 22.9 Å². The van der Waals surface area contributed by atoms with Gasteiger partial charge in [-0.2, -0.15) is 5.10 Å². The summed E-state index contributed by atoms with van der Waals surface area (Å²) in [5.41, 5.74) is 6.12. The molecule has 2 aromatic rings. The van der Waals surface area contributed by atoms with Gasteiger partial charge >= 0.3 is 0 Å². The fraction of sp³-hybridized carbons (Fsp3) is 0.333. The Morgan fingerprint density at radius 3 is 2.75 bits per heavy atom. The Labute approximate surface area is 128 Å². The minimum Gasteiger partial charge on any atom is -0.253 e. The lowest BCUT2D eigenvalue weighted by atomic mass is 10.1. The monoisotopic (exact) mass is 307 g/mol. The van der Waals surface area contributed by atoms with E-state index in [1.807, 2.05) is 36.6 Å². The average Bonchev–Trinajstić information content (AvgIpc) is 2.93. The summed E-state index contributed by atoms with van der Waals surface area (Å²) in [4.78, 5) is 4.52. The third-order valence-electron chi connectivity index (χ3n) is 3.30. The zero-order chi connectivity index (χ0) is 14.5. The van der Waals surface area contributed by atoms with Gasteiger partial charge in [0, 0.05) is 21.7 Å². The Morgan fingerprint density at radius 1 is 1.40 bits per heavy atom. The highest BCUT2D eigenvalue weighted by Crippen LogP contribution is 2.26. The zero-order valence-corrected chi connectivity index (χ0v) is 13.4. The van der Waals surface area contributed by atoms with Gasteiger partial charge in [-0.15, -0.1) is 11.3 Å². The molecule has 1 aromatic heterocycles. The Hall–Kier alpha value is -1.39. The number of aromatic nitrogens is 1. The summed E-state index contributed by atoms with van der Waals surface area (Å²) in [5.74, 6) is 0.484. The van der Waals surface area contributed by atoms with E-state index >= 15 is 0 Å². The average molecular weight is 308 g/mol. The lowest BCUT2D eigenvalue weighted by molar-refractivity contribution is 0.734. The molecule has 1 N–H and O–H groups in total. The Morgan fingerprint density at radius 2 is 2.10 bits per heavy atom. The van der Waals surface area contributed by atoms with E-state index in [1.165, 1.54) is 0 Å². The molecular weight excluding hydrogens is 290 g/mol. The topological polar surface area (TPSA) is 37.3 Å². The first-order valence-corrected chi connectivity index (χ1v) is 7.87. The third-order valence-corrected chi connectivity index (χ3v) is 4.30. The smallest absolute Gasteiger partial charge is 0.203 e. The van der Waals surface area contributed by atoms with Gasteiger partial charge in [0.05, 0.1) is 5.69 Å². The normalized spacial score (nSPS) is 13.3. The van der Waals surface area contributed by atoms with Crippen molar-refractivity contribution < 1.29 is 0 Å². The molecule has 3 nitrogen and oxygen atoms in total. The molecule has 106 valence electrons. The number of nitrogens with one attached hydrogen (secondary N) is 1. The molecule has 0 fully saturated rings. The molecule has 0 spiro atoms. The number of thiazole rings is 1. The van der Waals surface area contributed by atoms with Gasteiger partial charge in [-0.05, 0) is 31.4 Å². The second-order valence-electron chi connectivity index (χ2n) is 4.72. The first-order valence-electron chi connectivity index (χ1n) is 6.61. The molecule has 0 saturated carbocycles. The quantitative estimate of drug-likeness (QED) is 0.601. The van der Waals surface area contributed by atoms with E-state index in [1.54, 1.807) is 11.3 Å². The molecule has 2 rings (SSSR count). The summed E-state index contributed by atoms with van der Waals surface area (Å²) < 4.78 is 0. The first-order chi connectivity index (χ1) is 9.60. The van der Waals surface area contributed by atoms with Crippen molar-refractivity contribution in [2.45, 2.75) is 27.2 Å². The highest BCUT2D eigenvalue weighted by atomic mass is 35.5. The molecule has 0 radical (unpaired) electrons. The molecule has 0 aliphatic carbocycles. The number of benzene rings is 1. The van der Waals surface area contributed by atoms with Gasteiger partial charge in [0.1, 0.15) is 0 Å². The molecule has 1 atom stereocenters. The van der Waals surface area contributed by atoms with Gasteiger partial charge < -0.3 is 0 Å². The van der Waals surface area contributed by atoms with E-state index in [0.717, 1.165) is 33.5 Å². The van der Waals surface area contributed by atoms with Crippen molar-refractivity contribution in [3.8, 4) is 11.3 Å². The summed E-state index contributed by atoms with van der Waals surface area (Å²) >= 11 is 7.43. The fourth-order valence-electron chi connectivity index (χ4n) is 1.62. The van der Waals surface area contributed by atoms with Crippen molar-refractivity contribution in [2.24, 2.45) is 11.0 Å². The molecule has 0 aliphatic heterocycles. The van der Waals surface area contributed by atoms with Crippen molar-refractivity contribution in [1.29, 1.82) is 0 Å². The van der Waals surface area contributed by atoms with E-state index in [4.69, 9.17) is 11.6 Å². The number of halogens is 1. The summed E-state index contributed by atoms with van der Waals surface area (Å²) in [5, 5.41) is 7.93. The van der Waals surface area contributed by atoms with Crippen LogP contribution in [0.5, 0.6) is 0 Å². The molecule has 20 heavy (non-hydrogen) atoms. The van der Waals surface area contributed by atoms with Gasteiger partial charge in [0.15, 0.2) is 0 Å². The van der Waals surface area contributed by atoms with Crippen molar-refractivity contribution >= 4 is 33.8 Å². The Balaban J connectivity index is 2.08. The van der Waals surface area contributed by atoms with Crippen molar-refractivity contribution in [3.63, 3.8) is 0 Å². The highest BCUT2D eigenvalue weighted by molar-refractivity contribution is 7.14. The summed E-state index contributed by atoms with van der Waals surface area (Å²) in [6.07, 6.45) is 1.09. The minimum absolute atomic E-state index is 0.484. The largest absolute Gasteiger partial charge is 0.253 e. The van der Waals surface area contributed by atoms with Gasteiger partial charge in [-0.25, -0.2) is 4.98 Å². The predicted octanol–water partition coefficient (Wildman–Crippen LogP) is 5.30. The van der Waals surface area contributed by atoms with Crippen LogP contribution in [0.2, 0.25) is 5.02 Å². The maximum Gasteiger partial charge on any atom is 0.203 e. The zero-order valence-electron chi connectivity index (χ0n) is 11.9. The van der Waals surface area contributed by atoms with E-state index in [0.29, 0.717) is 5.92 Å². The van der Waals surface area contributed by atoms with Crippen molar-refractivity contribution in [3.05, 3.63) is 34.7 Å². The lowest BCUT2D eigenvalue weighted by Gasteiger charge is -2.06. The third kappa shape index (κ3) is 3.81. The fourth-order valence-corrected chi connectivity index (χ4v) is 2.41. The van der Waals surface area contributed by atoms with Gasteiger partial charge in [-0.3, -0.25) is 5.43 Å². The highest BCUT2D eigenvalue weighted by Gasteiger charge is 2.05. The molecule has 0 aliphatic rings. The van der Waals surface area contributed by atoms with Gasteiger partial charge in [-0.1, -0.05) is 37.6 Å². The number of anilines is 1. The summed E-state index contributed by atoms with van der Waals surface area (Å²) in [6, 6.07) is 7.67. The van der Waals surface area contributed by atoms with E-state index in [2.05, 4.69) is 29.4 Å². The van der Waals surface area contributed by atoms with Crippen LogP contribution in [-0.4, -0.2) is 10.7 Å². The Bertz CT molecular complexity index is 589. The summed E-state index contributed by atoms with van der Waals surface area (Å²) in [6.45, 7) is 6.36. The standard InChI is InChI=1S/C15H18ClN3S/c1-4-10(2)11(3)18-19-15-17-14(9-20-15)12-5-7-13(16)8-6-12/h5-10H,4H2,1-3H3,(H,17,19)/b18-11+. The maximum absolute atomic E-state index is 5.88. The molecule has 1 aromatic carbocycles. The second kappa shape index (κ2) is 6.86. The molecular formula is C15H18ClN3S. The number of hydrazone groups is 1. The SMILES string of the molecule is CCC(C)/C(C)=N/Nc1nc(-c2ccc(Cl)cc2)cs1. The van der Waals surface area contributed by atoms with Gasteiger partial charge in [0.2, 0.25) is 5.13 Å². The predicted molar refractivity (Wildman–Crippen MR) is 88.7 cm³/mol. The van der Waals surface area contributed by atoms with Crippen LogP contribution in [0.15, 0.2) is 34.7 Å². The van der Waals surface area contributed by atoms with Gasteiger partial charge in [0.25, 0.3) is 0 Å². The van der Waals surface area contributed by atoms with E-state index in [9.17, 15) is 0 Å². The van der Waals surface area contributed by atoms with Crippen molar-refractivity contribution in [1.82, 2.24) is 4.98 Å². The molecule has 5 heteroatoms. The van der Waals surface area contributed by atoms with Crippen LogP contribution in [0, 0.1) is 5.92 Å². The van der Waals surface area contributed by atoms with Crippen LogP contribution in [0.25, 0.3) is 11.3 Å². The molecule has 1 heterocycles. The number of rotatable bonds is 5. The first kappa shape index (κ1) is 15.0. The molecule has 0 bridgehead atoms. The number of hydrogen-bond acceptors (Lipinski definition) is 4. The van der Waals surface area contributed by atoms with Crippen LogP contribution in [0.3, 0.4) is 0 Å². The molecule has 0 saturated heterocycles. The Kier molecular flexibility index (Phi) is 5.15. The van der Waals surface area contributed by atoms with Crippen LogP contribution < -0.4 is 5.43 Å². The van der Waals surface area contributed by atoms with Crippen LogP contribution in [0.1, 0.15) is 27.2 Å². The van der Waals surface area contributed by atoms with E-state index in [-0.39, 0.29) is 0 Å². The second-order valence-corrected chi connectivity index (χ2v) is 6.01. The minimum atomic E-state index is 0.484. The molecule has 1 unspecified atom stereocenters. The van der Waals surface area contributed by atoms with E-state index < -0.39 is 0 Å².